The molecule has 0 heterocycles. The lowest BCUT2D eigenvalue weighted by atomic mass is 10.1. The van der Waals surface area contributed by atoms with Crippen LogP contribution in [0.2, 0.25) is 0 Å². The van der Waals surface area contributed by atoms with Gasteiger partial charge in [0.2, 0.25) is 0 Å². The molecule has 0 bridgehead atoms. The van der Waals surface area contributed by atoms with Gasteiger partial charge in [0.1, 0.15) is 0 Å². The molecule has 0 N–H and O–H groups in total. The van der Waals surface area contributed by atoms with E-state index in [9.17, 15) is 0 Å². The Labute approximate surface area is 109 Å². The minimum atomic E-state index is 1.06. The van der Waals surface area contributed by atoms with Crippen molar-refractivity contribution in [2.45, 2.75) is 13.8 Å². The highest BCUT2D eigenvalue weighted by Gasteiger charge is 1.89. The SMILES string of the molecule is CC#Cc1ccc(/C=C/c2ccc(C)cc2)cc1. The average molecular weight is 232 g/mol. The first-order chi connectivity index (χ1) is 8.78. The summed E-state index contributed by atoms with van der Waals surface area (Å²) in [4.78, 5) is 0. The van der Waals surface area contributed by atoms with Gasteiger partial charge in [0.05, 0.1) is 0 Å². The van der Waals surface area contributed by atoms with Crippen LogP contribution in [0.25, 0.3) is 12.2 Å². The molecule has 0 atom stereocenters. The van der Waals surface area contributed by atoms with Crippen molar-refractivity contribution in [2.75, 3.05) is 0 Å². The number of hydrogen-bond donors (Lipinski definition) is 0. The van der Waals surface area contributed by atoms with Crippen molar-refractivity contribution in [1.82, 2.24) is 0 Å². The summed E-state index contributed by atoms with van der Waals surface area (Å²) in [5.74, 6) is 5.94. The van der Waals surface area contributed by atoms with Gasteiger partial charge >= 0.3 is 0 Å². The van der Waals surface area contributed by atoms with E-state index in [-0.39, 0.29) is 0 Å². The van der Waals surface area contributed by atoms with Gasteiger partial charge in [-0.15, -0.1) is 5.92 Å². The summed E-state index contributed by atoms with van der Waals surface area (Å²) in [6.07, 6.45) is 4.24. The van der Waals surface area contributed by atoms with Crippen LogP contribution in [-0.2, 0) is 0 Å². The molecule has 0 spiro atoms. The Hall–Kier alpha value is -2.26. The van der Waals surface area contributed by atoms with Crippen LogP contribution in [0.15, 0.2) is 48.5 Å². The van der Waals surface area contributed by atoms with Gasteiger partial charge in [-0.3, -0.25) is 0 Å². The van der Waals surface area contributed by atoms with E-state index in [1.807, 2.05) is 19.1 Å². The number of hydrogen-bond acceptors (Lipinski definition) is 0. The van der Waals surface area contributed by atoms with Crippen molar-refractivity contribution >= 4 is 12.2 Å². The van der Waals surface area contributed by atoms with Crippen molar-refractivity contribution in [1.29, 1.82) is 0 Å². The van der Waals surface area contributed by atoms with Gasteiger partial charge < -0.3 is 0 Å². The van der Waals surface area contributed by atoms with Gasteiger partial charge in [-0.05, 0) is 37.1 Å². The molecule has 0 heteroatoms. The third kappa shape index (κ3) is 3.37. The highest BCUT2D eigenvalue weighted by Crippen LogP contribution is 2.10. The quantitative estimate of drug-likeness (QED) is 0.527. The van der Waals surface area contributed by atoms with Crippen molar-refractivity contribution in [3.05, 3.63) is 70.8 Å². The molecule has 2 aromatic rings. The topological polar surface area (TPSA) is 0 Å². The predicted octanol–water partition coefficient (Wildman–Crippen LogP) is 4.54. The maximum absolute atomic E-state index is 3.04. The van der Waals surface area contributed by atoms with Crippen LogP contribution in [0, 0.1) is 18.8 Å². The van der Waals surface area contributed by atoms with Gasteiger partial charge in [0.25, 0.3) is 0 Å². The second kappa shape index (κ2) is 5.89. The first kappa shape index (κ1) is 12.2. The van der Waals surface area contributed by atoms with Gasteiger partial charge in [0.15, 0.2) is 0 Å². The predicted molar refractivity (Wildman–Crippen MR) is 79.1 cm³/mol. The molecule has 0 amide bonds. The first-order valence-electron chi connectivity index (χ1n) is 6.05. The maximum atomic E-state index is 3.04. The monoisotopic (exact) mass is 232 g/mol. The number of aryl methyl sites for hydroxylation is 1. The van der Waals surface area contributed by atoms with Crippen LogP contribution in [0.5, 0.6) is 0 Å². The van der Waals surface area contributed by atoms with Crippen molar-refractivity contribution < 1.29 is 0 Å². The van der Waals surface area contributed by atoms with Gasteiger partial charge in [-0.25, -0.2) is 0 Å². The highest BCUT2D eigenvalue weighted by atomic mass is 13.9. The summed E-state index contributed by atoms with van der Waals surface area (Å²) in [6, 6.07) is 16.8. The van der Waals surface area contributed by atoms with Crippen LogP contribution in [0.3, 0.4) is 0 Å². The molecule has 0 unspecified atom stereocenters. The summed E-state index contributed by atoms with van der Waals surface area (Å²) in [5, 5.41) is 0. The lowest BCUT2D eigenvalue weighted by Crippen LogP contribution is -1.76. The fraction of sp³-hybridized carbons (Fsp3) is 0.111. The Morgan fingerprint density at radius 2 is 1.28 bits per heavy atom. The van der Waals surface area contributed by atoms with E-state index < -0.39 is 0 Å². The summed E-state index contributed by atoms with van der Waals surface area (Å²) in [6.45, 7) is 3.95. The Morgan fingerprint density at radius 3 is 1.78 bits per heavy atom. The molecule has 0 aliphatic rings. The molecule has 0 aliphatic carbocycles. The van der Waals surface area contributed by atoms with E-state index >= 15 is 0 Å². The second-order valence-corrected chi connectivity index (χ2v) is 4.24. The summed E-state index contributed by atoms with van der Waals surface area (Å²) in [7, 11) is 0. The summed E-state index contributed by atoms with van der Waals surface area (Å²) < 4.78 is 0. The molecule has 2 aromatic carbocycles. The third-order valence-corrected chi connectivity index (χ3v) is 2.73. The minimum absolute atomic E-state index is 1.06. The zero-order chi connectivity index (χ0) is 12.8. The zero-order valence-electron chi connectivity index (χ0n) is 10.8. The highest BCUT2D eigenvalue weighted by molar-refractivity contribution is 5.69. The molecule has 0 saturated heterocycles. The molecule has 2 rings (SSSR count). The summed E-state index contributed by atoms with van der Waals surface area (Å²) in [5.41, 5.74) is 4.76. The number of rotatable bonds is 2. The standard InChI is InChI=1S/C18H16/c1-3-4-16-9-11-18(12-10-16)14-13-17-7-5-15(2)6-8-17/h5-14H,1-2H3/b14-13+. The molecule has 0 saturated carbocycles. The third-order valence-electron chi connectivity index (χ3n) is 2.73. The molecule has 0 nitrogen and oxygen atoms in total. The second-order valence-electron chi connectivity index (χ2n) is 4.24. The van der Waals surface area contributed by atoms with E-state index in [4.69, 9.17) is 0 Å². The first-order valence-corrected chi connectivity index (χ1v) is 6.05. The Morgan fingerprint density at radius 1 is 0.778 bits per heavy atom. The maximum Gasteiger partial charge on any atom is 0.0245 e. The van der Waals surface area contributed by atoms with Crippen molar-refractivity contribution in [3.63, 3.8) is 0 Å². The van der Waals surface area contributed by atoms with Crippen LogP contribution < -0.4 is 0 Å². The lowest BCUT2D eigenvalue weighted by Gasteiger charge is -1.96. The van der Waals surface area contributed by atoms with Crippen LogP contribution in [0.4, 0.5) is 0 Å². The summed E-state index contributed by atoms with van der Waals surface area (Å²) >= 11 is 0. The van der Waals surface area contributed by atoms with Gasteiger partial charge in [-0.1, -0.05) is 60.0 Å². The van der Waals surface area contributed by atoms with E-state index in [1.165, 1.54) is 16.7 Å². The molecule has 0 aliphatic heterocycles. The van der Waals surface area contributed by atoms with Gasteiger partial charge in [0, 0.05) is 5.56 Å². The molecular formula is C18H16. The fourth-order valence-electron chi connectivity index (χ4n) is 1.69. The van der Waals surface area contributed by atoms with Gasteiger partial charge in [-0.2, -0.15) is 0 Å². The Bertz CT molecular complexity index is 587. The fourth-order valence-corrected chi connectivity index (χ4v) is 1.69. The molecule has 0 fully saturated rings. The largest absolute Gasteiger partial charge is 0.101 e. The van der Waals surface area contributed by atoms with Crippen molar-refractivity contribution in [2.24, 2.45) is 0 Å². The van der Waals surface area contributed by atoms with Crippen LogP contribution >= 0.6 is 0 Å². The zero-order valence-corrected chi connectivity index (χ0v) is 10.8. The van der Waals surface area contributed by atoms with Crippen molar-refractivity contribution in [3.8, 4) is 11.8 Å². The Kier molecular flexibility index (Phi) is 3.99. The molecule has 0 radical (unpaired) electrons. The molecule has 18 heavy (non-hydrogen) atoms. The smallest absolute Gasteiger partial charge is 0.0245 e. The number of benzene rings is 2. The lowest BCUT2D eigenvalue weighted by molar-refractivity contribution is 1.46. The normalized spacial score (nSPS) is 10.1. The minimum Gasteiger partial charge on any atom is -0.101 e. The molecule has 88 valence electrons. The molecular weight excluding hydrogens is 216 g/mol. The van der Waals surface area contributed by atoms with Crippen LogP contribution in [-0.4, -0.2) is 0 Å². The van der Waals surface area contributed by atoms with E-state index in [2.05, 4.69) is 67.3 Å². The van der Waals surface area contributed by atoms with E-state index in [0.29, 0.717) is 0 Å². The van der Waals surface area contributed by atoms with Crippen LogP contribution in [0.1, 0.15) is 29.2 Å². The Balaban J connectivity index is 2.12. The van der Waals surface area contributed by atoms with E-state index in [0.717, 1.165) is 5.56 Å². The average Bonchev–Trinajstić information content (AvgIpc) is 2.40. The molecule has 0 aromatic heterocycles. The van der Waals surface area contributed by atoms with E-state index in [1.54, 1.807) is 0 Å².